The molecule has 2 aromatic heterocycles. The van der Waals surface area contributed by atoms with Gasteiger partial charge in [-0.25, -0.2) is 0 Å². The number of rotatable bonds is 5. The van der Waals surface area contributed by atoms with Gasteiger partial charge in [-0.05, 0) is 36.1 Å². The number of nitrogens with zero attached hydrogens (tertiary/aromatic N) is 1. The highest BCUT2D eigenvalue weighted by molar-refractivity contribution is 8.26. The second-order valence-corrected chi connectivity index (χ2v) is 7.70. The Morgan fingerprint density at radius 3 is 2.88 bits per heavy atom. The Kier molecular flexibility index (Phi) is 4.88. The number of amides is 1. The summed E-state index contributed by atoms with van der Waals surface area (Å²) in [5, 5.41) is 10.7. The lowest BCUT2D eigenvalue weighted by atomic mass is 10.2. The molecule has 24 heavy (non-hydrogen) atoms. The third-order valence-electron chi connectivity index (χ3n) is 3.41. The van der Waals surface area contributed by atoms with Gasteiger partial charge in [0.1, 0.15) is 15.8 Å². The van der Waals surface area contributed by atoms with E-state index in [1.54, 1.807) is 23.5 Å². The molecule has 5 nitrogen and oxygen atoms in total. The zero-order valence-electron chi connectivity index (χ0n) is 12.6. The standard InChI is InChI=1S/C16H13NO4S3/c1-9-5-7-23-14(9)11-3-2-10(21-11)8-12-15(20)17(16(22)24-12)6-4-13(18)19/h2-3,5,7-8H,4,6H2,1H3,(H,18,19). The molecule has 2 aromatic rings. The second kappa shape index (κ2) is 6.92. The number of thiophene rings is 1. The molecule has 1 saturated heterocycles. The normalized spacial score (nSPS) is 16.4. The Morgan fingerprint density at radius 1 is 1.42 bits per heavy atom. The van der Waals surface area contributed by atoms with Crippen LogP contribution >= 0.6 is 35.3 Å². The Labute approximate surface area is 152 Å². The van der Waals surface area contributed by atoms with E-state index in [1.165, 1.54) is 4.90 Å². The van der Waals surface area contributed by atoms with Gasteiger partial charge in [0.25, 0.3) is 5.91 Å². The minimum atomic E-state index is -0.963. The fourth-order valence-electron chi connectivity index (χ4n) is 2.21. The van der Waals surface area contributed by atoms with E-state index >= 15 is 0 Å². The summed E-state index contributed by atoms with van der Waals surface area (Å²) >= 11 is 7.91. The number of hydrogen-bond donors (Lipinski definition) is 1. The summed E-state index contributed by atoms with van der Waals surface area (Å²) in [6.07, 6.45) is 1.51. The number of thioether (sulfide) groups is 1. The molecule has 3 rings (SSSR count). The second-order valence-electron chi connectivity index (χ2n) is 5.11. The average molecular weight is 379 g/mol. The van der Waals surface area contributed by atoms with E-state index in [1.807, 2.05) is 24.4 Å². The summed E-state index contributed by atoms with van der Waals surface area (Å²) < 4.78 is 6.17. The van der Waals surface area contributed by atoms with Crippen LogP contribution in [0.25, 0.3) is 16.7 Å². The van der Waals surface area contributed by atoms with Crippen molar-refractivity contribution in [3.05, 3.63) is 39.8 Å². The summed E-state index contributed by atoms with van der Waals surface area (Å²) in [6.45, 7) is 2.09. The number of carboxylic acid groups (broad SMARTS) is 1. The lowest BCUT2D eigenvalue weighted by molar-refractivity contribution is -0.137. The summed E-state index contributed by atoms with van der Waals surface area (Å²) in [4.78, 5) is 25.8. The molecule has 1 fully saturated rings. The molecule has 0 aliphatic carbocycles. The van der Waals surface area contributed by atoms with E-state index in [4.69, 9.17) is 21.7 Å². The van der Waals surface area contributed by atoms with Crippen LogP contribution in [0.4, 0.5) is 0 Å². The third kappa shape index (κ3) is 3.45. The Balaban J connectivity index is 1.79. The molecule has 0 unspecified atom stereocenters. The molecule has 1 N–H and O–H groups in total. The van der Waals surface area contributed by atoms with Crippen molar-refractivity contribution in [3.8, 4) is 10.6 Å². The monoisotopic (exact) mass is 379 g/mol. The first-order valence-electron chi connectivity index (χ1n) is 7.07. The highest BCUT2D eigenvalue weighted by Gasteiger charge is 2.32. The van der Waals surface area contributed by atoms with E-state index in [-0.39, 0.29) is 18.9 Å². The van der Waals surface area contributed by atoms with Crippen molar-refractivity contribution in [1.29, 1.82) is 0 Å². The molecule has 3 heterocycles. The van der Waals surface area contributed by atoms with Crippen molar-refractivity contribution in [2.45, 2.75) is 13.3 Å². The molecule has 8 heteroatoms. The van der Waals surface area contributed by atoms with Gasteiger partial charge in [-0.1, -0.05) is 24.0 Å². The zero-order chi connectivity index (χ0) is 17.3. The van der Waals surface area contributed by atoms with Crippen LogP contribution in [-0.4, -0.2) is 32.7 Å². The number of hydrogen-bond acceptors (Lipinski definition) is 6. The van der Waals surface area contributed by atoms with E-state index in [9.17, 15) is 9.59 Å². The van der Waals surface area contributed by atoms with E-state index in [2.05, 4.69) is 0 Å². The molecular weight excluding hydrogens is 366 g/mol. The molecule has 1 aliphatic heterocycles. The predicted octanol–water partition coefficient (Wildman–Crippen LogP) is 3.99. The fraction of sp³-hybridized carbons (Fsp3) is 0.188. The van der Waals surface area contributed by atoms with Gasteiger partial charge < -0.3 is 9.52 Å². The van der Waals surface area contributed by atoms with Gasteiger partial charge in [-0.3, -0.25) is 14.5 Å². The van der Waals surface area contributed by atoms with Crippen molar-refractivity contribution in [1.82, 2.24) is 4.90 Å². The van der Waals surface area contributed by atoms with Crippen molar-refractivity contribution in [2.75, 3.05) is 6.54 Å². The predicted molar refractivity (Wildman–Crippen MR) is 98.9 cm³/mol. The number of furan rings is 1. The number of carbonyl (C=O) groups is 2. The molecule has 1 aliphatic rings. The van der Waals surface area contributed by atoms with Gasteiger partial charge in [0.15, 0.2) is 0 Å². The van der Waals surface area contributed by atoms with Gasteiger partial charge in [0, 0.05) is 12.6 Å². The number of aliphatic carboxylic acids is 1. The summed E-state index contributed by atoms with van der Waals surface area (Å²) in [6, 6.07) is 5.70. The highest BCUT2D eigenvalue weighted by Crippen LogP contribution is 2.35. The van der Waals surface area contributed by atoms with Gasteiger partial charge in [0.2, 0.25) is 0 Å². The summed E-state index contributed by atoms with van der Waals surface area (Å²) in [5.74, 6) is 0.0816. The Morgan fingerprint density at radius 2 is 2.21 bits per heavy atom. The van der Waals surface area contributed by atoms with Crippen LogP contribution in [0.5, 0.6) is 0 Å². The maximum Gasteiger partial charge on any atom is 0.305 e. The van der Waals surface area contributed by atoms with E-state index in [0.717, 1.165) is 28.0 Å². The lowest BCUT2D eigenvalue weighted by Gasteiger charge is -2.12. The van der Waals surface area contributed by atoms with Crippen LogP contribution in [0.2, 0.25) is 0 Å². The molecule has 124 valence electrons. The maximum atomic E-state index is 12.3. The molecule has 0 bridgehead atoms. The molecule has 0 saturated carbocycles. The number of thiocarbonyl (C=S) groups is 1. The van der Waals surface area contributed by atoms with Crippen LogP contribution in [0, 0.1) is 6.92 Å². The largest absolute Gasteiger partial charge is 0.481 e. The van der Waals surface area contributed by atoms with Crippen LogP contribution < -0.4 is 0 Å². The highest BCUT2D eigenvalue weighted by atomic mass is 32.2. The first-order chi connectivity index (χ1) is 11.5. The van der Waals surface area contributed by atoms with Crippen molar-refractivity contribution >= 4 is 57.6 Å². The lowest BCUT2D eigenvalue weighted by Crippen LogP contribution is -2.30. The van der Waals surface area contributed by atoms with E-state index < -0.39 is 5.97 Å². The Bertz CT molecular complexity index is 849. The van der Waals surface area contributed by atoms with Gasteiger partial charge in [0.05, 0.1) is 16.2 Å². The van der Waals surface area contributed by atoms with Crippen LogP contribution in [0.3, 0.4) is 0 Å². The Hall–Kier alpha value is -1.90. The van der Waals surface area contributed by atoms with Crippen molar-refractivity contribution in [3.63, 3.8) is 0 Å². The quantitative estimate of drug-likeness (QED) is 0.626. The van der Waals surface area contributed by atoms with Gasteiger partial charge in [-0.2, -0.15) is 0 Å². The minimum absolute atomic E-state index is 0.0785. The number of carboxylic acids is 1. The minimum Gasteiger partial charge on any atom is -0.481 e. The number of aryl methyl sites for hydroxylation is 1. The topological polar surface area (TPSA) is 70.8 Å². The summed E-state index contributed by atoms with van der Waals surface area (Å²) in [7, 11) is 0. The zero-order valence-corrected chi connectivity index (χ0v) is 15.1. The maximum absolute atomic E-state index is 12.3. The van der Waals surface area contributed by atoms with Crippen molar-refractivity contribution in [2.24, 2.45) is 0 Å². The first kappa shape index (κ1) is 16.9. The van der Waals surface area contributed by atoms with Crippen LogP contribution in [0.1, 0.15) is 17.7 Å². The van der Waals surface area contributed by atoms with Crippen LogP contribution in [0.15, 0.2) is 32.9 Å². The first-order valence-corrected chi connectivity index (χ1v) is 9.17. The van der Waals surface area contributed by atoms with Crippen molar-refractivity contribution < 1.29 is 19.1 Å². The third-order valence-corrected chi connectivity index (χ3v) is 5.82. The molecule has 0 atom stereocenters. The average Bonchev–Trinajstić information content (AvgIpc) is 3.20. The molecule has 1 amide bonds. The SMILES string of the molecule is Cc1ccsc1-c1ccc(C=C2SC(=S)N(CCC(=O)O)C2=O)o1. The van der Waals surface area contributed by atoms with E-state index in [0.29, 0.717) is 15.0 Å². The number of carbonyl (C=O) groups excluding carboxylic acids is 1. The smallest absolute Gasteiger partial charge is 0.305 e. The van der Waals surface area contributed by atoms with Gasteiger partial charge in [-0.15, -0.1) is 11.3 Å². The molecule has 0 aromatic carbocycles. The van der Waals surface area contributed by atoms with Gasteiger partial charge >= 0.3 is 5.97 Å². The summed E-state index contributed by atoms with van der Waals surface area (Å²) in [5.41, 5.74) is 1.14. The van der Waals surface area contributed by atoms with Crippen LogP contribution in [-0.2, 0) is 9.59 Å². The molecular formula is C16H13NO4S3. The molecule has 0 spiro atoms. The molecule has 0 radical (unpaired) electrons. The fourth-order valence-corrected chi connectivity index (χ4v) is 4.38.